The average molecular weight is 387 g/mol. The summed E-state index contributed by atoms with van der Waals surface area (Å²) in [5.41, 5.74) is 1.05. The van der Waals surface area contributed by atoms with E-state index in [0.717, 1.165) is 11.4 Å². The van der Waals surface area contributed by atoms with Gasteiger partial charge in [-0.15, -0.1) is 11.3 Å². The summed E-state index contributed by atoms with van der Waals surface area (Å²) in [7, 11) is 1.63. The predicted octanol–water partition coefficient (Wildman–Crippen LogP) is 1.40. The molecule has 3 rings (SSSR count). The largest absolute Gasteiger partial charge is 0.497 e. The molecule has 0 aliphatic carbocycles. The van der Waals surface area contributed by atoms with Gasteiger partial charge in [-0.1, -0.05) is 12.1 Å². The molecule has 1 aromatic carbocycles. The van der Waals surface area contributed by atoms with E-state index in [1.165, 1.54) is 11.3 Å². The van der Waals surface area contributed by atoms with Gasteiger partial charge in [-0.05, 0) is 23.6 Å². The Labute approximate surface area is 161 Å². The van der Waals surface area contributed by atoms with Crippen molar-refractivity contribution in [2.24, 2.45) is 0 Å². The molecule has 1 aliphatic heterocycles. The number of carbonyl (C=O) groups excluding carboxylic acids is 3. The first-order chi connectivity index (χ1) is 13.1. The van der Waals surface area contributed by atoms with E-state index in [1.54, 1.807) is 29.5 Å². The molecule has 1 fully saturated rings. The molecule has 0 atom stereocenters. The minimum absolute atomic E-state index is 0.172. The van der Waals surface area contributed by atoms with Crippen LogP contribution in [-0.4, -0.2) is 62.3 Å². The Morgan fingerprint density at radius 1 is 1.11 bits per heavy atom. The number of amides is 2. The van der Waals surface area contributed by atoms with E-state index >= 15 is 0 Å². The van der Waals surface area contributed by atoms with Crippen molar-refractivity contribution in [2.45, 2.75) is 0 Å². The van der Waals surface area contributed by atoms with Crippen LogP contribution in [-0.2, 0) is 9.59 Å². The maximum atomic E-state index is 12.3. The Kier molecular flexibility index (Phi) is 6.08. The molecule has 0 unspecified atom stereocenters. The lowest BCUT2D eigenvalue weighted by atomic mass is 10.2. The molecular weight excluding hydrogens is 366 g/mol. The number of piperazine rings is 1. The van der Waals surface area contributed by atoms with Crippen LogP contribution in [0.3, 0.4) is 0 Å². The number of nitrogens with one attached hydrogen (secondary N) is 1. The van der Waals surface area contributed by atoms with Crippen LogP contribution in [0.25, 0.3) is 0 Å². The number of thiophene rings is 1. The molecule has 1 aromatic heterocycles. The molecule has 2 amide bonds. The van der Waals surface area contributed by atoms with Crippen molar-refractivity contribution in [2.75, 3.05) is 44.7 Å². The molecule has 142 valence electrons. The minimum atomic E-state index is -0.749. The topological polar surface area (TPSA) is 79.0 Å². The summed E-state index contributed by atoms with van der Waals surface area (Å²) < 4.78 is 5.25. The summed E-state index contributed by atoms with van der Waals surface area (Å²) in [6.45, 7) is 2.34. The van der Waals surface area contributed by atoms with Gasteiger partial charge in [-0.25, -0.2) is 0 Å². The number of methoxy groups -OCH3 is 1. The Hall–Kier alpha value is -2.87. The summed E-state index contributed by atoms with van der Waals surface area (Å²) >= 11 is 1.20. The first-order valence-corrected chi connectivity index (χ1v) is 9.49. The van der Waals surface area contributed by atoms with Crippen molar-refractivity contribution in [3.63, 3.8) is 0 Å². The average Bonchev–Trinajstić information content (AvgIpc) is 3.26. The maximum Gasteiger partial charge on any atom is 0.293 e. The molecule has 7 nitrogen and oxygen atoms in total. The summed E-state index contributed by atoms with van der Waals surface area (Å²) in [5, 5.41) is 4.15. The fourth-order valence-corrected chi connectivity index (χ4v) is 3.55. The molecule has 0 spiro atoms. The lowest BCUT2D eigenvalue weighted by molar-refractivity contribution is -0.132. The molecule has 27 heavy (non-hydrogen) atoms. The van der Waals surface area contributed by atoms with Crippen molar-refractivity contribution in [3.8, 4) is 5.75 Å². The monoisotopic (exact) mass is 387 g/mol. The number of carbonyl (C=O) groups is 3. The molecule has 2 aromatic rings. The van der Waals surface area contributed by atoms with E-state index in [9.17, 15) is 14.4 Å². The zero-order valence-corrected chi connectivity index (χ0v) is 15.8. The number of ether oxygens (including phenoxy) is 1. The Morgan fingerprint density at radius 3 is 2.56 bits per heavy atom. The molecule has 1 saturated heterocycles. The Bertz CT molecular complexity index is 814. The second kappa shape index (κ2) is 8.68. The van der Waals surface area contributed by atoms with Gasteiger partial charge < -0.3 is 19.9 Å². The van der Waals surface area contributed by atoms with Crippen LogP contribution < -0.4 is 15.0 Å². The van der Waals surface area contributed by atoms with Gasteiger partial charge in [0.05, 0.1) is 18.5 Å². The standard InChI is InChI=1S/C19H21N3O4S/c1-26-15-5-2-4-14(12-15)21-7-9-22(10-8-21)17(23)13-20-19(25)18(24)16-6-3-11-27-16/h2-6,11-12H,7-10,13H2,1H3,(H,20,25). The molecule has 1 N–H and O–H groups in total. The van der Waals surface area contributed by atoms with Gasteiger partial charge in [0.2, 0.25) is 5.91 Å². The number of rotatable bonds is 6. The van der Waals surface area contributed by atoms with Crippen LogP contribution in [0, 0.1) is 0 Å². The Morgan fingerprint density at radius 2 is 1.89 bits per heavy atom. The van der Waals surface area contributed by atoms with Crippen molar-refractivity contribution >= 4 is 34.6 Å². The minimum Gasteiger partial charge on any atom is -0.497 e. The van der Waals surface area contributed by atoms with Crippen LogP contribution in [0.1, 0.15) is 9.67 Å². The summed E-state index contributed by atoms with van der Waals surface area (Å²) in [5.74, 6) is -0.752. The fourth-order valence-electron chi connectivity index (χ4n) is 2.89. The van der Waals surface area contributed by atoms with E-state index < -0.39 is 11.7 Å². The highest BCUT2D eigenvalue weighted by Gasteiger charge is 2.23. The van der Waals surface area contributed by atoms with Crippen molar-refractivity contribution < 1.29 is 19.1 Å². The van der Waals surface area contributed by atoms with Gasteiger partial charge in [0.25, 0.3) is 11.7 Å². The van der Waals surface area contributed by atoms with Crippen molar-refractivity contribution in [1.29, 1.82) is 0 Å². The van der Waals surface area contributed by atoms with E-state index in [1.807, 2.05) is 24.3 Å². The molecule has 0 saturated carbocycles. The maximum absolute atomic E-state index is 12.3. The number of anilines is 1. The lowest BCUT2D eigenvalue weighted by Crippen LogP contribution is -2.51. The molecular formula is C19H21N3O4S. The van der Waals surface area contributed by atoms with Crippen LogP contribution in [0.15, 0.2) is 41.8 Å². The van der Waals surface area contributed by atoms with Crippen molar-refractivity contribution in [3.05, 3.63) is 46.7 Å². The number of ketones is 1. The van der Waals surface area contributed by atoms with E-state index in [2.05, 4.69) is 10.2 Å². The van der Waals surface area contributed by atoms with Crippen LogP contribution in [0.5, 0.6) is 5.75 Å². The third-order valence-electron chi connectivity index (χ3n) is 4.40. The highest BCUT2D eigenvalue weighted by atomic mass is 32.1. The van der Waals surface area contributed by atoms with Crippen LogP contribution in [0.4, 0.5) is 5.69 Å². The van der Waals surface area contributed by atoms with E-state index in [0.29, 0.717) is 31.1 Å². The molecule has 8 heteroatoms. The third kappa shape index (κ3) is 4.65. The quantitative estimate of drug-likeness (QED) is 0.599. The highest BCUT2D eigenvalue weighted by Crippen LogP contribution is 2.22. The molecule has 2 heterocycles. The summed E-state index contributed by atoms with van der Waals surface area (Å²) in [6, 6.07) is 11.1. The van der Waals surface area contributed by atoms with Gasteiger partial charge in [-0.3, -0.25) is 14.4 Å². The fraction of sp³-hybridized carbons (Fsp3) is 0.316. The van der Waals surface area contributed by atoms with Gasteiger partial charge in [-0.2, -0.15) is 0 Å². The van der Waals surface area contributed by atoms with Gasteiger partial charge >= 0.3 is 0 Å². The normalized spacial score (nSPS) is 14.0. The lowest BCUT2D eigenvalue weighted by Gasteiger charge is -2.36. The second-order valence-corrected chi connectivity index (χ2v) is 7.01. The molecule has 1 aliphatic rings. The van der Waals surface area contributed by atoms with Gasteiger partial charge in [0, 0.05) is 37.9 Å². The summed E-state index contributed by atoms with van der Waals surface area (Å²) in [4.78, 5) is 40.4. The van der Waals surface area contributed by atoms with Gasteiger partial charge in [0.1, 0.15) is 5.75 Å². The summed E-state index contributed by atoms with van der Waals surface area (Å²) in [6.07, 6.45) is 0. The van der Waals surface area contributed by atoms with Crippen LogP contribution >= 0.6 is 11.3 Å². The second-order valence-electron chi connectivity index (χ2n) is 6.06. The molecule has 0 radical (unpaired) electrons. The number of hydrogen-bond donors (Lipinski definition) is 1. The Balaban J connectivity index is 1.47. The highest BCUT2D eigenvalue weighted by molar-refractivity contribution is 7.13. The van der Waals surface area contributed by atoms with E-state index in [4.69, 9.17) is 4.74 Å². The zero-order chi connectivity index (χ0) is 19.2. The van der Waals surface area contributed by atoms with E-state index in [-0.39, 0.29) is 12.5 Å². The van der Waals surface area contributed by atoms with Crippen LogP contribution in [0.2, 0.25) is 0 Å². The molecule has 0 bridgehead atoms. The number of nitrogens with zero attached hydrogens (tertiary/aromatic N) is 2. The SMILES string of the molecule is COc1cccc(N2CCN(C(=O)CNC(=O)C(=O)c3cccs3)CC2)c1. The number of Topliss-reactive ketones (excluding diaryl/α,β-unsaturated/α-hetero) is 1. The number of hydrogen-bond acceptors (Lipinski definition) is 6. The first kappa shape index (κ1) is 18.9. The third-order valence-corrected chi connectivity index (χ3v) is 5.27. The predicted molar refractivity (Wildman–Crippen MR) is 103 cm³/mol. The smallest absolute Gasteiger partial charge is 0.293 e. The zero-order valence-electron chi connectivity index (χ0n) is 15.0. The first-order valence-electron chi connectivity index (χ1n) is 8.61. The van der Waals surface area contributed by atoms with Crippen molar-refractivity contribution in [1.82, 2.24) is 10.2 Å². The van der Waals surface area contributed by atoms with Gasteiger partial charge in [0.15, 0.2) is 0 Å². The number of benzene rings is 1.